The van der Waals surface area contributed by atoms with E-state index in [9.17, 15) is 119 Å². The Morgan fingerprint density at radius 1 is 0.333 bits per heavy atom. The highest BCUT2D eigenvalue weighted by molar-refractivity contribution is 5.53. The van der Waals surface area contributed by atoms with E-state index in [0.717, 1.165) is 0 Å². The molecule has 0 fully saturated rings. The molecule has 0 heterocycles. The van der Waals surface area contributed by atoms with Gasteiger partial charge >= 0.3 is 71.6 Å². The molecule has 1 nitrogen and oxygen atoms in total. The first kappa shape index (κ1) is 42.9. The average molecular weight is 736 g/mol. The third-order valence-electron chi connectivity index (χ3n) is 5.85. The predicted octanol–water partition coefficient (Wildman–Crippen LogP) is 9.84. The normalized spacial score (nSPS) is 16.4. The number of aldehydes is 1. The average Bonchev–Trinajstić information content (AvgIpc) is 2.81. The van der Waals surface area contributed by atoms with Gasteiger partial charge in [0, 0.05) is 18.8 Å². The Bertz CT molecular complexity index is 953. The minimum Gasteiger partial charge on any atom is -0.303 e. The molecule has 27 heteroatoms. The Hall–Kier alpha value is -2.15. The van der Waals surface area contributed by atoms with Crippen LogP contribution in [0, 0.1) is 5.92 Å². The van der Waals surface area contributed by atoms with Crippen LogP contribution in [0.1, 0.15) is 25.7 Å². The molecule has 0 aromatic heterocycles. The van der Waals surface area contributed by atoms with E-state index in [1.54, 1.807) is 0 Å². The molecule has 0 aromatic rings. The first-order valence-electron chi connectivity index (χ1n) is 10.5. The van der Waals surface area contributed by atoms with Crippen molar-refractivity contribution in [1.82, 2.24) is 0 Å². The number of alkyl halides is 26. The summed E-state index contributed by atoms with van der Waals surface area (Å²) in [4.78, 5) is 10.8. The lowest BCUT2D eigenvalue weighted by molar-refractivity contribution is -0.440. The van der Waals surface area contributed by atoms with Crippen molar-refractivity contribution < 1.29 is 119 Å². The number of halogens is 26. The number of hydrogen-bond acceptors (Lipinski definition) is 1. The molecule has 0 radical (unpaired) electrons. The number of hydrogen-bond donors (Lipinski definition) is 0. The maximum absolute atomic E-state index is 13.7. The van der Waals surface area contributed by atoms with Gasteiger partial charge in [0.25, 0.3) is 0 Å². The van der Waals surface area contributed by atoms with Gasteiger partial charge in [-0.1, -0.05) is 0 Å². The zero-order chi connectivity index (χ0) is 37.1. The molecule has 0 aromatic carbocycles. The van der Waals surface area contributed by atoms with E-state index >= 15 is 0 Å². The molecule has 0 spiro atoms. The molecule has 0 saturated heterocycles. The van der Waals surface area contributed by atoms with Gasteiger partial charge in [0.1, 0.15) is 6.29 Å². The van der Waals surface area contributed by atoms with E-state index in [1.807, 2.05) is 0 Å². The molecule has 0 unspecified atom stereocenters. The quantitative estimate of drug-likeness (QED) is 0.121. The lowest BCUT2D eigenvalue weighted by Crippen LogP contribution is -2.70. The molecule has 0 aliphatic carbocycles. The number of carbonyl (C=O) groups is 1. The number of carbonyl (C=O) groups excluding carboxylic acids is 1. The van der Waals surface area contributed by atoms with Gasteiger partial charge in [-0.25, -0.2) is 0 Å². The Morgan fingerprint density at radius 2 is 0.533 bits per heavy atom. The van der Waals surface area contributed by atoms with Crippen LogP contribution in [0.15, 0.2) is 0 Å². The molecule has 0 atom stereocenters. The van der Waals surface area contributed by atoms with Crippen LogP contribution >= 0.6 is 0 Å². The molecule has 0 rings (SSSR count). The van der Waals surface area contributed by atoms with Gasteiger partial charge in [-0.15, -0.1) is 0 Å². The second kappa shape index (κ2) is 11.5. The molecule has 45 heavy (non-hydrogen) atoms. The van der Waals surface area contributed by atoms with E-state index in [2.05, 4.69) is 0 Å². The van der Waals surface area contributed by atoms with Crippen LogP contribution < -0.4 is 0 Å². The fourth-order valence-corrected chi connectivity index (χ4v) is 2.93. The van der Waals surface area contributed by atoms with E-state index in [1.165, 1.54) is 0 Å². The standard InChI is InChI=1S/C18H10F26O/c19-7(20,9(23,24)11(27,28)13(31,32)15(35,36)17(39,40)41)3-1-6(5-45)2-4-8(21,22)10(25,26)12(29,30)14(33,34)16(37,38)18(42,43)44/h5-6H,1-4H2. The summed E-state index contributed by atoms with van der Waals surface area (Å²) in [5.74, 6) is -82.6. The van der Waals surface area contributed by atoms with Crippen LogP contribution in [0.25, 0.3) is 0 Å². The summed E-state index contributed by atoms with van der Waals surface area (Å²) in [7, 11) is 0. The summed E-state index contributed by atoms with van der Waals surface area (Å²) in [6, 6.07) is 0. The van der Waals surface area contributed by atoms with Gasteiger partial charge in [0.15, 0.2) is 0 Å². The van der Waals surface area contributed by atoms with Crippen LogP contribution in [0.5, 0.6) is 0 Å². The van der Waals surface area contributed by atoms with Gasteiger partial charge in [0.2, 0.25) is 0 Å². The largest absolute Gasteiger partial charge is 0.460 e. The monoisotopic (exact) mass is 736 g/mol. The zero-order valence-corrected chi connectivity index (χ0v) is 20.2. The summed E-state index contributed by atoms with van der Waals surface area (Å²) in [6.07, 6.45) is -28.1. The Balaban J connectivity index is 6.17. The first-order chi connectivity index (χ1) is 19.1. The van der Waals surface area contributed by atoms with E-state index in [0.29, 0.717) is 0 Å². The third kappa shape index (κ3) is 6.41. The Labute approximate surface area is 229 Å². The zero-order valence-electron chi connectivity index (χ0n) is 20.2. The summed E-state index contributed by atoms with van der Waals surface area (Å²) in [5, 5.41) is 0. The Kier molecular flexibility index (Phi) is 11.0. The van der Waals surface area contributed by atoms with Crippen LogP contribution in [0.2, 0.25) is 0 Å². The molecule has 0 aliphatic heterocycles. The molecule has 0 amide bonds. The highest BCUT2D eigenvalue weighted by Crippen LogP contribution is 2.62. The summed E-state index contributed by atoms with van der Waals surface area (Å²) in [5.41, 5.74) is 0. The predicted molar refractivity (Wildman–Crippen MR) is 89.6 cm³/mol. The summed E-state index contributed by atoms with van der Waals surface area (Å²) < 4.78 is 339. The van der Waals surface area contributed by atoms with Crippen molar-refractivity contribution in [1.29, 1.82) is 0 Å². The first-order valence-corrected chi connectivity index (χ1v) is 10.5. The van der Waals surface area contributed by atoms with Crippen LogP contribution in [-0.2, 0) is 4.79 Å². The Morgan fingerprint density at radius 3 is 0.711 bits per heavy atom. The molecular weight excluding hydrogens is 726 g/mol. The minimum atomic E-state index is -8.38. The van der Waals surface area contributed by atoms with Crippen molar-refractivity contribution in [2.24, 2.45) is 5.92 Å². The SMILES string of the molecule is O=CC(CCC(F)(F)C(F)(F)C(F)(F)C(F)(F)C(F)(F)C(F)(F)F)CCC(F)(F)C(F)(F)C(F)(F)C(F)(F)C(F)(F)C(F)(F)F. The molecule has 0 saturated carbocycles. The maximum atomic E-state index is 13.7. The van der Waals surface area contributed by atoms with Gasteiger partial charge in [-0.3, -0.25) is 0 Å². The lowest BCUT2D eigenvalue weighted by atomic mass is 9.87. The molecule has 0 aliphatic rings. The maximum Gasteiger partial charge on any atom is 0.460 e. The highest BCUT2D eigenvalue weighted by Gasteiger charge is 2.92. The van der Waals surface area contributed by atoms with Crippen molar-refractivity contribution >= 4 is 6.29 Å². The fraction of sp³-hybridized carbons (Fsp3) is 0.944. The van der Waals surface area contributed by atoms with Gasteiger partial charge in [0.05, 0.1) is 0 Å². The smallest absolute Gasteiger partial charge is 0.303 e. The van der Waals surface area contributed by atoms with E-state index in [4.69, 9.17) is 0 Å². The molecular formula is C18H10F26O. The molecule has 0 N–H and O–H groups in total. The van der Waals surface area contributed by atoms with Crippen LogP contribution in [-0.4, -0.2) is 77.9 Å². The van der Waals surface area contributed by atoms with Gasteiger partial charge < -0.3 is 4.79 Å². The van der Waals surface area contributed by atoms with Crippen molar-refractivity contribution in [3.63, 3.8) is 0 Å². The van der Waals surface area contributed by atoms with Gasteiger partial charge in [-0.05, 0) is 12.8 Å². The van der Waals surface area contributed by atoms with Crippen molar-refractivity contribution in [3.8, 4) is 0 Å². The van der Waals surface area contributed by atoms with Crippen molar-refractivity contribution in [2.45, 2.75) is 97.3 Å². The van der Waals surface area contributed by atoms with E-state index in [-0.39, 0.29) is 0 Å². The summed E-state index contributed by atoms with van der Waals surface area (Å²) >= 11 is 0. The van der Waals surface area contributed by atoms with E-state index < -0.39 is 109 Å². The second-order valence-electron chi connectivity index (χ2n) is 8.97. The second-order valence-corrected chi connectivity index (χ2v) is 8.97. The molecule has 0 bridgehead atoms. The van der Waals surface area contributed by atoms with Crippen LogP contribution in [0.3, 0.4) is 0 Å². The third-order valence-corrected chi connectivity index (χ3v) is 5.85. The van der Waals surface area contributed by atoms with Crippen molar-refractivity contribution in [2.75, 3.05) is 0 Å². The van der Waals surface area contributed by atoms with Gasteiger partial charge in [-0.2, -0.15) is 114 Å². The summed E-state index contributed by atoms with van der Waals surface area (Å²) in [6.45, 7) is 0. The van der Waals surface area contributed by atoms with Crippen LogP contribution in [0.4, 0.5) is 114 Å². The minimum absolute atomic E-state index is 1.09. The fourth-order valence-electron chi connectivity index (χ4n) is 2.93. The molecule has 270 valence electrons. The number of rotatable bonds is 15. The van der Waals surface area contributed by atoms with Crippen molar-refractivity contribution in [3.05, 3.63) is 0 Å². The highest BCUT2D eigenvalue weighted by atomic mass is 19.4. The topological polar surface area (TPSA) is 17.1 Å². The lowest BCUT2D eigenvalue weighted by Gasteiger charge is -2.40.